The minimum Gasteiger partial charge on any atom is -0.508 e. The SMILES string of the molecule is Oc1ccc(Cl)c([C@H]2Nc3ccccc3-c3nnc(SCc4ccc(Cl)cc4)nc3O2)c1. The summed E-state index contributed by atoms with van der Waals surface area (Å²) in [6, 6.07) is 20.0. The third-order valence-electron chi connectivity index (χ3n) is 4.88. The molecule has 0 saturated carbocycles. The van der Waals surface area contributed by atoms with E-state index < -0.39 is 6.23 Å². The van der Waals surface area contributed by atoms with E-state index in [1.165, 1.54) is 17.8 Å². The molecule has 3 aromatic carbocycles. The van der Waals surface area contributed by atoms with Crippen molar-refractivity contribution in [2.75, 3.05) is 5.32 Å². The molecule has 160 valence electrons. The number of halogens is 2. The van der Waals surface area contributed by atoms with Crippen LogP contribution in [0.3, 0.4) is 0 Å². The summed E-state index contributed by atoms with van der Waals surface area (Å²) in [7, 11) is 0. The molecule has 0 unspecified atom stereocenters. The maximum Gasteiger partial charge on any atom is 0.247 e. The van der Waals surface area contributed by atoms with Gasteiger partial charge in [-0.1, -0.05) is 65.3 Å². The molecule has 0 bridgehead atoms. The second-order valence-corrected chi connectivity index (χ2v) is 8.84. The van der Waals surface area contributed by atoms with Gasteiger partial charge in [-0.05, 0) is 42.0 Å². The van der Waals surface area contributed by atoms with Crippen molar-refractivity contribution >= 4 is 40.7 Å². The van der Waals surface area contributed by atoms with Gasteiger partial charge in [0, 0.05) is 32.6 Å². The van der Waals surface area contributed by atoms with Gasteiger partial charge in [-0.3, -0.25) is 0 Å². The van der Waals surface area contributed by atoms with Crippen LogP contribution in [0.5, 0.6) is 11.6 Å². The fourth-order valence-corrected chi connectivity index (χ4v) is 4.39. The quantitative estimate of drug-likeness (QED) is 0.328. The molecule has 6 nitrogen and oxygen atoms in total. The average Bonchev–Trinajstić information content (AvgIpc) is 2.96. The van der Waals surface area contributed by atoms with E-state index in [0.717, 1.165) is 16.8 Å². The molecule has 0 saturated heterocycles. The van der Waals surface area contributed by atoms with E-state index in [9.17, 15) is 5.11 Å². The van der Waals surface area contributed by atoms with Crippen LogP contribution in [-0.2, 0) is 5.75 Å². The van der Waals surface area contributed by atoms with Crippen molar-refractivity contribution in [3.05, 3.63) is 87.9 Å². The zero-order valence-corrected chi connectivity index (χ0v) is 18.8. The zero-order valence-electron chi connectivity index (χ0n) is 16.5. The second-order valence-electron chi connectivity index (χ2n) is 7.06. The van der Waals surface area contributed by atoms with E-state index in [1.807, 2.05) is 48.5 Å². The van der Waals surface area contributed by atoms with Crippen LogP contribution in [0.2, 0.25) is 10.0 Å². The first-order valence-electron chi connectivity index (χ1n) is 9.70. The Morgan fingerprint density at radius 3 is 2.66 bits per heavy atom. The number of phenols is 1. The summed E-state index contributed by atoms with van der Waals surface area (Å²) in [6.45, 7) is 0. The summed E-state index contributed by atoms with van der Waals surface area (Å²) in [4.78, 5) is 4.63. The molecule has 0 amide bonds. The molecule has 2 heterocycles. The molecule has 0 radical (unpaired) electrons. The van der Waals surface area contributed by atoms with E-state index in [-0.39, 0.29) is 5.75 Å². The highest BCUT2D eigenvalue weighted by molar-refractivity contribution is 7.98. The molecule has 5 rings (SSSR count). The molecule has 9 heteroatoms. The molecule has 4 aromatic rings. The largest absolute Gasteiger partial charge is 0.508 e. The Hall–Kier alpha value is -3.00. The number of benzene rings is 3. The predicted octanol–water partition coefficient (Wildman–Crippen LogP) is 6.35. The first kappa shape index (κ1) is 20.9. The topological polar surface area (TPSA) is 80.2 Å². The van der Waals surface area contributed by atoms with Gasteiger partial charge in [-0.15, -0.1) is 10.2 Å². The van der Waals surface area contributed by atoms with Crippen molar-refractivity contribution in [3.63, 3.8) is 0 Å². The van der Waals surface area contributed by atoms with E-state index >= 15 is 0 Å². The Kier molecular flexibility index (Phi) is 5.78. The summed E-state index contributed by atoms with van der Waals surface area (Å²) in [6.07, 6.45) is -0.678. The van der Waals surface area contributed by atoms with E-state index in [2.05, 4.69) is 20.5 Å². The van der Waals surface area contributed by atoms with Gasteiger partial charge in [0.15, 0.2) is 11.9 Å². The lowest BCUT2D eigenvalue weighted by Gasteiger charge is -2.20. The van der Waals surface area contributed by atoms with Crippen molar-refractivity contribution < 1.29 is 9.84 Å². The molecule has 1 aliphatic heterocycles. The van der Waals surface area contributed by atoms with Crippen LogP contribution in [0.15, 0.2) is 71.9 Å². The normalized spacial score (nSPS) is 14.5. The minimum absolute atomic E-state index is 0.0903. The summed E-state index contributed by atoms with van der Waals surface area (Å²) >= 11 is 13.8. The monoisotopic (exact) mass is 482 g/mol. The van der Waals surface area contributed by atoms with Gasteiger partial charge in [0.05, 0.1) is 0 Å². The number of rotatable bonds is 4. The first-order chi connectivity index (χ1) is 15.6. The Bertz CT molecular complexity index is 1290. The molecule has 2 N–H and O–H groups in total. The number of hydrogen-bond donors (Lipinski definition) is 2. The van der Waals surface area contributed by atoms with Gasteiger partial charge in [0.1, 0.15) is 5.75 Å². The summed E-state index contributed by atoms with van der Waals surface area (Å²) in [5.74, 6) is 1.09. The van der Waals surface area contributed by atoms with Gasteiger partial charge in [-0.25, -0.2) is 0 Å². The van der Waals surface area contributed by atoms with Gasteiger partial charge >= 0.3 is 0 Å². The lowest BCUT2D eigenvalue weighted by Crippen LogP contribution is -2.17. The van der Waals surface area contributed by atoms with Crippen molar-refractivity contribution in [1.29, 1.82) is 0 Å². The maximum absolute atomic E-state index is 9.98. The van der Waals surface area contributed by atoms with E-state index in [0.29, 0.717) is 38.1 Å². The summed E-state index contributed by atoms with van der Waals surface area (Å²) < 4.78 is 6.22. The number of fused-ring (bicyclic) bond motifs is 3. The fraction of sp³-hybridized carbons (Fsp3) is 0.0870. The molecular weight excluding hydrogens is 467 g/mol. The van der Waals surface area contributed by atoms with Crippen LogP contribution in [0, 0.1) is 0 Å². The summed E-state index contributed by atoms with van der Waals surface area (Å²) in [5, 5.41) is 23.7. The number of thioether (sulfide) groups is 1. The van der Waals surface area contributed by atoms with Crippen LogP contribution in [0.25, 0.3) is 11.3 Å². The average molecular weight is 483 g/mol. The first-order valence-corrected chi connectivity index (χ1v) is 11.4. The Morgan fingerprint density at radius 2 is 1.81 bits per heavy atom. The number of para-hydroxylation sites is 1. The van der Waals surface area contributed by atoms with Crippen molar-refractivity contribution in [3.8, 4) is 22.9 Å². The standard InChI is InChI=1S/C23H16Cl2N4O2S/c24-14-7-5-13(6-8-14)12-32-23-27-22-20(28-29-23)16-3-1-2-4-19(16)26-21(31-22)17-11-15(30)9-10-18(17)25/h1-11,21,26,30H,12H2/t21-/m0/s1. The minimum atomic E-state index is -0.678. The van der Waals surface area contributed by atoms with Crippen LogP contribution < -0.4 is 10.1 Å². The van der Waals surface area contributed by atoms with Crippen molar-refractivity contribution in [1.82, 2.24) is 15.2 Å². The number of phenolic OH excluding ortho intramolecular Hbond substituents is 1. The van der Waals surface area contributed by atoms with Gasteiger partial charge in [0.2, 0.25) is 11.0 Å². The smallest absolute Gasteiger partial charge is 0.247 e. The maximum atomic E-state index is 9.98. The number of anilines is 1. The van der Waals surface area contributed by atoms with Crippen LogP contribution in [0.4, 0.5) is 5.69 Å². The van der Waals surface area contributed by atoms with Gasteiger partial charge < -0.3 is 15.2 Å². The van der Waals surface area contributed by atoms with E-state index in [4.69, 9.17) is 27.9 Å². The number of ether oxygens (including phenoxy) is 1. The number of aromatic hydroxyl groups is 1. The Morgan fingerprint density at radius 1 is 1.00 bits per heavy atom. The number of nitrogens with zero attached hydrogens (tertiary/aromatic N) is 3. The Labute approximate surface area is 198 Å². The molecule has 0 aliphatic carbocycles. The molecule has 0 fully saturated rings. The van der Waals surface area contributed by atoms with Gasteiger partial charge in [0.25, 0.3) is 0 Å². The van der Waals surface area contributed by atoms with Gasteiger partial charge in [-0.2, -0.15) is 4.98 Å². The second kappa shape index (κ2) is 8.86. The third kappa shape index (κ3) is 4.32. The predicted molar refractivity (Wildman–Crippen MR) is 126 cm³/mol. The molecule has 1 atom stereocenters. The molecule has 1 aliphatic rings. The van der Waals surface area contributed by atoms with Crippen molar-refractivity contribution in [2.45, 2.75) is 17.1 Å². The molecule has 1 aromatic heterocycles. The highest BCUT2D eigenvalue weighted by atomic mass is 35.5. The fourth-order valence-electron chi connectivity index (χ4n) is 3.31. The van der Waals surface area contributed by atoms with Crippen LogP contribution in [-0.4, -0.2) is 20.3 Å². The molecule has 32 heavy (non-hydrogen) atoms. The molecular formula is C23H16Cl2N4O2S. The number of hydrogen-bond acceptors (Lipinski definition) is 7. The van der Waals surface area contributed by atoms with Crippen LogP contribution in [0.1, 0.15) is 17.4 Å². The van der Waals surface area contributed by atoms with Crippen LogP contribution >= 0.6 is 35.0 Å². The highest BCUT2D eigenvalue weighted by Gasteiger charge is 2.27. The number of nitrogens with one attached hydrogen (secondary N) is 1. The third-order valence-corrected chi connectivity index (χ3v) is 6.38. The molecule has 0 spiro atoms. The van der Waals surface area contributed by atoms with E-state index in [1.54, 1.807) is 12.1 Å². The van der Waals surface area contributed by atoms with Crippen molar-refractivity contribution in [2.24, 2.45) is 0 Å². The highest BCUT2D eigenvalue weighted by Crippen LogP contribution is 2.41. The Balaban J connectivity index is 1.50. The lowest BCUT2D eigenvalue weighted by molar-refractivity contribution is 0.225. The lowest BCUT2D eigenvalue weighted by atomic mass is 10.1. The zero-order chi connectivity index (χ0) is 22.1. The number of aromatic nitrogens is 3. The summed E-state index contributed by atoms with van der Waals surface area (Å²) in [5.41, 5.74) is 3.82.